The molecule has 3 N–H and O–H groups in total. The van der Waals surface area contributed by atoms with Crippen molar-refractivity contribution in [3.8, 4) is 0 Å². The average Bonchev–Trinajstić information content (AvgIpc) is 2.74. The van der Waals surface area contributed by atoms with Crippen LogP contribution < -0.4 is 10.6 Å². The van der Waals surface area contributed by atoms with Crippen molar-refractivity contribution in [2.24, 2.45) is 10.8 Å². The van der Waals surface area contributed by atoms with Crippen molar-refractivity contribution in [2.75, 3.05) is 5.32 Å². The molecule has 0 unspecified atom stereocenters. The second-order valence-electron chi connectivity index (χ2n) is 6.47. The third-order valence-corrected chi connectivity index (χ3v) is 5.44. The van der Waals surface area contributed by atoms with Gasteiger partial charge in [0.25, 0.3) is 0 Å². The predicted molar refractivity (Wildman–Crippen MR) is 84.6 cm³/mol. The number of nitrogens with one attached hydrogen (secondary N) is 2. The van der Waals surface area contributed by atoms with Gasteiger partial charge in [-0.2, -0.15) is 0 Å². The summed E-state index contributed by atoms with van der Waals surface area (Å²) in [7, 11) is 0. The van der Waals surface area contributed by atoms with Gasteiger partial charge in [-0.1, -0.05) is 27.7 Å². The molecule has 1 aromatic carbocycles. The number of aromatic carboxylic acids is 1. The van der Waals surface area contributed by atoms with Gasteiger partial charge in [-0.3, -0.25) is 0 Å². The lowest BCUT2D eigenvalue weighted by atomic mass is 10.0. The minimum Gasteiger partial charge on any atom is -0.478 e. The second-order valence-corrected chi connectivity index (χ2v) is 7.33. The van der Waals surface area contributed by atoms with Crippen LogP contribution in [0.1, 0.15) is 38.1 Å². The molecule has 114 valence electrons. The van der Waals surface area contributed by atoms with Gasteiger partial charge in [0.15, 0.2) is 0 Å². The van der Waals surface area contributed by atoms with E-state index < -0.39 is 5.97 Å². The minimum atomic E-state index is -1.05. The maximum Gasteiger partial charge on any atom is 0.336 e. The first-order valence-corrected chi connectivity index (χ1v) is 7.47. The number of benzene rings is 1. The zero-order valence-corrected chi connectivity index (χ0v) is 14.0. The lowest BCUT2D eigenvalue weighted by Crippen LogP contribution is -2.33. The highest BCUT2D eigenvalue weighted by Gasteiger charge is 2.65. The number of anilines is 1. The molecular weight excluding hydrogens is 336 g/mol. The summed E-state index contributed by atoms with van der Waals surface area (Å²) in [5, 5.41) is 14.7. The van der Waals surface area contributed by atoms with E-state index in [0.29, 0.717) is 10.2 Å². The number of carbonyl (C=O) groups is 2. The quantitative estimate of drug-likeness (QED) is 0.774. The maximum absolute atomic E-state index is 12.0. The standard InChI is InChI=1S/C15H19BrN2O3/c1-14(2)12(15(14,3)4)18-13(21)17-8-5-6-10(16)9(7-8)11(19)20/h5-7,12H,1-4H3,(H,19,20)(H2,17,18,21). The fourth-order valence-electron chi connectivity index (χ4n) is 2.62. The number of carboxylic acid groups (broad SMARTS) is 1. The first-order chi connectivity index (χ1) is 9.57. The first kappa shape index (κ1) is 15.8. The van der Waals surface area contributed by atoms with Crippen LogP contribution in [0.2, 0.25) is 0 Å². The molecular formula is C15H19BrN2O3. The normalized spacial score (nSPS) is 18.9. The predicted octanol–water partition coefficient (Wildman–Crippen LogP) is 3.70. The van der Waals surface area contributed by atoms with Gasteiger partial charge in [-0.05, 0) is 45.0 Å². The van der Waals surface area contributed by atoms with Gasteiger partial charge in [-0.15, -0.1) is 0 Å². The van der Waals surface area contributed by atoms with Crippen LogP contribution in [0.5, 0.6) is 0 Å². The number of carbonyl (C=O) groups excluding carboxylic acids is 1. The summed E-state index contributed by atoms with van der Waals surface area (Å²) in [4.78, 5) is 23.1. The summed E-state index contributed by atoms with van der Waals surface area (Å²) in [6.45, 7) is 8.44. The largest absolute Gasteiger partial charge is 0.478 e. The lowest BCUT2D eigenvalue weighted by molar-refractivity contribution is 0.0696. The number of carboxylic acids is 1. The van der Waals surface area contributed by atoms with E-state index in [0.717, 1.165) is 0 Å². The van der Waals surface area contributed by atoms with Crippen LogP contribution in [0.3, 0.4) is 0 Å². The molecule has 0 heterocycles. The molecule has 21 heavy (non-hydrogen) atoms. The Kier molecular flexibility index (Phi) is 3.78. The van der Waals surface area contributed by atoms with Crippen LogP contribution in [0.25, 0.3) is 0 Å². The van der Waals surface area contributed by atoms with Crippen LogP contribution in [0.4, 0.5) is 10.5 Å². The smallest absolute Gasteiger partial charge is 0.336 e. The van der Waals surface area contributed by atoms with E-state index in [-0.39, 0.29) is 28.5 Å². The van der Waals surface area contributed by atoms with Gasteiger partial charge < -0.3 is 15.7 Å². The van der Waals surface area contributed by atoms with Crippen molar-refractivity contribution >= 4 is 33.6 Å². The number of urea groups is 1. The zero-order valence-electron chi connectivity index (χ0n) is 12.5. The Morgan fingerprint density at radius 2 is 1.76 bits per heavy atom. The molecule has 1 aliphatic rings. The molecule has 5 nitrogen and oxygen atoms in total. The molecule has 1 aliphatic carbocycles. The van der Waals surface area contributed by atoms with Crippen molar-refractivity contribution in [1.29, 1.82) is 0 Å². The molecule has 2 amide bonds. The Bertz CT molecular complexity index is 597. The van der Waals surface area contributed by atoms with Gasteiger partial charge in [0.1, 0.15) is 0 Å². The van der Waals surface area contributed by atoms with Crippen molar-refractivity contribution in [2.45, 2.75) is 33.7 Å². The first-order valence-electron chi connectivity index (χ1n) is 6.67. The van der Waals surface area contributed by atoms with Crippen molar-refractivity contribution in [3.63, 3.8) is 0 Å². The van der Waals surface area contributed by atoms with Crippen molar-refractivity contribution < 1.29 is 14.7 Å². The average molecular weight is 355 g/mol. The third kappa shape index (κ3) is 2.77. The van der Waals surface area contributed by atoms with Gasteiger partial charge in [0.05, 0.1) is 5.56 Å². The summed E-state index contributed by atoms with van der Waals surface area (Å²) in [6, 6.07) is 4.45. The monoisotopic (exact) mass is 354 g/mol. The van der Waals surface area contributed by atoms with Crippen LogP contribution in [0.15, 0.2) is 22.7 Å². The van der Waals surface area contributed by atoms with E-state index in [4.69, 9.17) is 5.11 Å². The van der Waals surface area contributed by atoms with Crippen LogP contribution >= 0.6 is 15.9 Å². The second kappa shape index (κ2) is 5.02. The van der Waals surface area contributed by atoms with E-state index in [1.54, 1.807) is 12.1 Å². The van der Waals surface area contributed by atoms with E-state index in [1.807, 2.05) is 0 Å². The number of hydrogen-bond donors (Lipinski definition) is 3. The highest BCUT2D eigenvalue weighted by Crippen LogP contribution is 2.62. The number of rotatable bonds is 3. The fraction of sp³-hybridized carbons (Fsp3) is 0.467. The van der Waals surface area contributed by atoms with Gasteiger partial charge in [0.2, 0.25) is 0 Å². The molecule has 1 aromatic rings. The summed E-state index contributed by atoms with van der Waals surface area (Å²) in [5.41, 5.74) is 0.663. The topological polar surface area (TPSA) is 78.4 Å². The molecule has 0 spiro atoms. The number of amides is 2. The molecule has 1 fully saturated rings. The Balaban J connectivity index is 2.05. The van der Waals surface area contributed by atoms with Crippen LogP contribution in [-0.4, -0.2) is 23.1 Å². The SMILES string of the molecule is CC1(C)C(NC(=O)Nc2ccc(Br)c(C(=O)O)c2)C1(C)C. The molecule has 0 bridgehead atoms. The van der Waals surface area contributed by atoms with Gasteiger partial charge in [0, 0.05) is 16.2 Å². The van der Waals surface area contributed by atoms with Gasteiger partial charge >= 0.3 is 12.0 Å². The molecule has 6 heteroatoms. The van der Waals surface area contributed by atoms with E-state index in [9.17, 15) is 9.59 Å². The Morgan fingerprint density at radius 3 is 2.24 bits per heavy atom. The molecule has 0 atom stereocenters. The van der Waals surface area contributed by atoms with Crippen molar-refractivity contribution in [1.82, 2.24) is 5.32 Å². The third-order valence-electron chi connectivity index (χ3n) is 4.75. The van der Waals surface area contributed by atoms with Crippen molar-refractivity contribution in [3.05, 3.63) is 28.2 Å². The highest BCUT2D eigenvalue weighted by molar-refractivity contribution is 9.10. The van der Waals surface area contributed by atoms with Crippen LogP contribution in [-0.2, 0) is 0 Å². The number of hydrogen-bond acceptors (Lipinski definition) is 2. The van der Waals surface area contributed by atoms with E-state index in [1.165, 1.54) is 6.07 Å². The van der Waals surface area contributed by atoms with E-state index in [2.05, 4.69) is 54.3 Å². The summed E-state index contributed by atoms with van der Waals surface area (Å²) < 4.78 is 0.477. The Hall–Kier alpha value is -1.56. The van der Waals surface area contributed by atoms with E-state index >= 15 is 0 Å². The van der Waals surface area contributed by atoms with Crippen LogP contribution in [0, 0.1) is 10.8 Å². The highest BCUT2D eigenvalue weighted by atomic mass is 79.9. The zero-order chi connectivity index (χ0) is 16.0. The maximum atomic E-state index is 12.0. The fourth-order valence-corrected chi connectivity index (χ4v) is 3.04. The summed E-state index contributed by atoms with van der Waals surface area (Å²) in [5.74, 6) is -1.05. The molecule has 1 saturated carbocycles. The molecule has 0 aromatic heterocycles. The molecule has 0 aliphatic heterocycles. The lowest BCUT2D eigenvalue weighted by Gasteiger charge is -2.10. The Morgan fingerprint density at radius 1 is 1.19 bits per heavy atom. The Labute approximate surface area is 132 Å². The summed E-state index contributed by atoms with van der Waals surface area (Å²) in [6.07, 6.45) is 0. The van der Waals surface area contributed by atoms with Gasteiger partial charge in [-0.25, -0.2) is 9.59 Å². The summed E-state index contributed by atoms with van der Waals surface area (Å²) >= 11 is 3.17. The molecule has 2 rings (SSSR count). The minimum absolute atomic E-state index is 0.0519. The molecule has 0 radical (unpaired) electrons. The molecule has 0 saturated heterocycles. The number of halogens is 1.